The normalized spacial score (nSPS) is 11.7. The van der Waals surface area contributed by atoms with E-state index in [0.717, 1.165) is 11.4 Å². The van der Waals surface area contributed by atoms with Crippen LogP contribution >= 0.6 is 22.7 Å². The first kappa shape index (κ1) is 24.6. The first-order chi connectivity index (χ1) is 21.3. The van der Waals surface area contributed by atoms with E-state index in [2.05, 4.69) is 157 Å². The van der Waals surface area contributed by atoms with Gasteiger partial charge in [0, 0.05) is 47.0 Å². The Morgan fingerprint density at radius 2 is 1.02 bits per heavy atom. The molecule has 0 radical (unpaired) electrons. The quantitative estimate of drug-likeness (QED) is 0.199. The summed E-state index contributed by atoms with van der Waals surface area (Å²) in [5.74, 6) is 0. The molecule has 3 heteroatoms. The van der Waals surface area contributed by atoms with E-state index in [9.17, 15) is 0 Å². The average molecular weight is 584 g/mol. The number of rotatable bonds is 4. The maximum absolute atomic E-state index is 2.46. The number of hydrogen-bond acceptors (Lipinski definition) is 3. The number of nitrogens with zero attached hydrogens (tertiary/aromatic N) is 1. The van der Waals surface area contributed by atoms with Crippen molar-refractivity contribution in [3.8, 4) is 11.1 Å². The van der Waals surface area contributed by atoms with Crippen molar-refractivity contribution in [3.63, 3.8) is 0 Å². The Kier molecular flexibility index (Phi) is 5.62. The van der Waals surface area contributed by atoms with Crippen LogP contribution in [-0.4, -0.2) is 0 Å². The van der Waals surface area contributed by atoms with Crippen LogP contribution in [0.25, 0.3) is 62.2 Å². The van der Waals surface area contributed by atoms with Crippen molar-refractivity contribution in [2.45, 2.75) is 0 Å². The molecule has 0 aliphatic heterocycles. The lowest BCUT2D eigenvalue weighted by atomic mass is 9.97. The molecule has 9 rings (SSSR count). The van der Waals surface area contributed by atoms with Crippen LogP contribution in [0, 0.1) is 0 Å². The van der Waals surface area contributed by atoms with Crippen molar-refractivity contribution >= 4 is 90.9 Å². The van der Waals surface area contributed by atoms with Gasteiger partial charge in [-0.3, -0.25) is 0 Å². The summed E-state index contributed by atoms with van der Waals surface area (Å²) in [6.07, 6.45) is 0. The average Bonchev–Trinajstić information content (AvgIpc) is 3.64. The van der Waals surface area contributed by atoms with Crippen molar-refractivity contribution in [2.75, 3.05) is 4.90 Å². The Morgan fingerprint density at radius 1 is 0.395 bits per heavy atom. The van der Waals surface area contributed by atoms with Crippen molar-refractivity contribution in [3.05, 3.63) is 152 Å². The van der Waals surface area contributed by atoms with Crippen molar-refractivity contribution in [1.82, 2.24) is 0 Å². The van der Waals surface area contributed by atoms with Crippen LogP contribution in [0.4, 0.5) is 17.1 Å². The van der Waals surface area contributed by atoms with Crippen LogP contribution in [0.5, 0.6) is 0 Å². The van der Waals surface area contributed by atoms with Crippen LogP contribution in [0.2, 0.25) is 0 Å². The largest absolute Gasteiger partial charge is 0.309 e. The minimum absolute atomic E-state index is 1.15. The molecule has 0 N–H and O–H groups in total. The van der Waals surface area contributed by atoms with Gasteiger partial charge in [-0.15, -0.1) is 22.7 Å². The number of hydrogen-bond donors (Lipinski definition) is 0. The molecular weight excluding hydrogens is 559 g/mol. The van der Waals surface area contributed by atoms with Crippen molar-refractivity contribution in [1.29, 1.82) is 0 Å². The first-order valence-electron chi connectivity index (χ1n) is 14.5. The minimum atomic E-state index is 1.15. The Morgan fingerprint density at radius 3 is 1.91 bits per heavy atom. The van der Waals surface area contributed by atoms with E-state index in [4.69, 9.17) is 0 Å². The summed E-state index contributed by atoms with van der Waals surface area (Å²) in [7, 11) is 0. The third-order valence-corrected chi connectivity index (χ3v) is 10.8. The Hall–Kier alpha value is -4.96. The summed E-state index contributed by atoms with van der Waals surface area (Å²) in [5, 5.41) is 7.76. The van der Waals surface area contributed by atoms with Gasteiger partial charge in [-0.2, -0.15) is 0 Å². The first-order valence-corrected chi connectivity index (χ1v) is 16.1. The lowest BCUT2D eigenvalue weighted by Gasteiger charge is -2.27. The Bertz CT molecular complexity index is 2480. The number of anilines is 3. The second kappa shape index (κ2) is 9.81. The maximum atomic E-state index is 2.46. The van der Waals surface area contributed by atoms with Crippen LogP contribution in [0.15, 0.2) is 152 Å². The molecule has 9 aromatic rings. The van der Waals surface area contributed by atoms with Crippen LogP contribution in [0.1, 0.15) is 0 Å². The molecular formula is C40H25NS2. The topological polar surface area (TPSA) is 3.24 Å². The van der Waals surface area contributed by atoms with Gasteiger partial charge < -0.3 is 4.90 Å². The van der Waals surface area contributed by atoms with E-state index in [0.29, 0.717) is 0 Å². The monoisotopic (exact) mass is 583 g/mol. The summed E-state index contributed by atoms with van der Waals surface area (Å²) >= 11 is 3.74. The molecule has 0 saturated heterocycles. The molecule has 43 heavy (non-hydrogen) atoms. The lowest BCUT2D eigenvalue weighted by Crippen LogP contribution is -2.10. The molecule has 0 aliphatic rings. The summed E-state index contributed by atoms with van der Waals surface area (Å²) in [6, 6.07) is 55.5. The van der Waals surface area contributed by atoms with Gasteiger partial charge in [0.05, 0.1) is 10.4 Å². The van der Waals surface area contributed by atoms with Gasteiger partial charge in [0.2, 0.25) is 0 Å². The maximum Gasteiger partial charge on any atom is 0.0640 e. The minimum Gasteiger partial charge on any atom is -0.309 e. The van der Waals surface area contributed by atoms with Gasteiger partial charge in [0.1, 0.15) is 0 Å². The zero-order chi connectivity index (χ0) is 28.3. The second-order valence-corrected chi connectivity index (χ2v) is 13.1. The fourth-order valence-corrected chi connectivity index (χ4v) is 8.77. The Balaban J connectivity index is 1.31. The molecule has 0 saturated carbocycles. The summed E-state index contributed by atoms with van der Waals surface area (Å²) < 4.78 is 5.25. The predicted octanol–water partition coefficient (Wildman–Crippen LogP) is 12.7. The van der Waals surface area contributed by atoms with Gasteiger partial charge >= 0.3 is 0 Å². The van der Waals surface area contributed by atoms with Gasteiger partial charge in [-0.1, -0.05) is 103 Å². The fraction of sp³-hybridized carbons (Fsp3) is 0. The smallest absolute Gasteiger partial charge is 0.0640 e. The van der Waals surface area contributed by atoms with Crippen LogP contribution in [-0.2, 0) is 0 Å². The van der Waals surface area contributed by atoms with E-state index in [1.807, 2.05) is 22.7 Å². The predicted molar refractivity (Wildman–Crippen MR) is 190 cm³/mol. The van der Waals surface area contributed by atoms with Crippen molar-refractivity contribution < 1.29 is 0 Å². The zero-order valence-corrected chi connectivity index (χ0v) is 24.8. The SMILES string of the molecule is c1cc(-c2cccc3ccccc23)cc(N(c2ccc3sc4ccccc4c3c2)c2cccc3c2sc2ccccc23)c1. The number of benzene rings is 7. The number of thiophene rings is 2. The second-order valence-electron chi connectivity index (χ2n) is 10.9. The van der Waals surface area contributed by atoms with E-state index in [1.165, 1.54) is 67.9 Å². The Labute approximate surface area is 257 Å². The molecule has 0 fully saturated rings. The van der Waals surface area contributed by atoms with Gasteiger partial charge in [0.15, 0.2) is 0 Å². The molecule has 202 valence electrons. The highest BCUT2D eigenvalue weighted by Crippen LogP contribution is 2.47. The molecule has 0 amide bonds. The van der Waals surface area contributed by atoms with Gasteiger partial charge in [0.25, 0.3) is 0 Å². The van der Waals surface area contributed by atoms with E-state index < -0.39 is 0 Å². The molecule has 0 aliphatic carbocycles. The molecule has 2 heterocycles. The molecule has 0 bridgehead atoms. The molecule has 2 aromatic heterocycles. The third-order valence-electron chi connectivity index (χ3n) is 8.45. The summed E-state index contributed by atoms with van der Waals surface area (Å²) in [6.45, 7) is 0. The van der Waals surface area contributed by atoms with E-state index in [-0.39, 0.29) is 0 Å². The van der Waals surface area contributed by atoms with Gasteiger partial charge in [-0.05, 0) is 70.4 Å². The summed E-state index contributed by atoms with van der Waals surface area (Å²) in [5.41, 5.74) is 5.97. The van der Waals surface area contributed by atoms with Crippen LogP contribution < -0.4 is 4.90 Å². The zero-order valence-electron chi connectivity index (χ0n) is 23.2. The standard InChI is InChI=1S/C40H25NS2/c1-2-14-30-26(10-1)11-8-17-31(30)27-12-7-13-28(24-27)41(29-22-23-39-35(25-29)33-16-4-5-20-37(33)42-39)36-19-9-18-34-32-15-3-6-21-38(32)43-40(34)36/h1-25H. The molecule has 0 spiro atoms. The highest BCUT2D eigenvalue weighted by Gasteiger charge is 2.20. The number of fused-ring (bicyclic) bond motifs is 7. The molecule has 0 unspecified atom stereocenters. The van der Waals surface area contributed by atoms with Crippen molar-refractivity contribution in [2.24, 2.45) is 0 Å². The summed E-state index contributed by atoms with van der Waals surface area (Å²) in [4.78, 5) is 2.46. The van der Waals surface area contributed by atoms with Crippen LogP contribution in [0.3, 0.4) is 0 Å². The lowest BCUT2D eigenvalue weighted by molar-refractivity contribution is 1.31. The highest BCUT2D eigenvalue weighted by atomic mass is 32.1. The molecule has 0 atom stereocenters. The fourth-order valence-electron chi connectivity index (χ4n) is 6.48. The van der Waals surface area contributed by atoms with E-state index in [1.54, 1.807) is 0 Å². The van der Waals surface area contributed by atoms with Gasteiger partial charge in [-0.25, -0.2) is 0 Å². The van der Waals surface area contributed by atoms with E-state index >= 15 is 0 Å². The third kappa shape index (κ3) is 3.97. The molecule has 1 nitrogen and oxygen atoms in total. The molecule has 7 aromatic carbocycles. The highest BCUT2D eigenvalue weighted by molar-refractivity contribution is 7.26.